The molecule has 116 valence electrons. The molecule has 1 aliphatic heterocycles. The SMILES string of the molecule is COC(=O)[C@H]1C[C@@H](C(F)(F)F)N(C(=O)OC(C)(C)C)C1. The fraction of sp³-hybridized carbons (Fsp3) is 0.833. The van der Waals surface area contributed by atoms with E-state index in [0.717, 1.165) is 7.11 Å². The topological polar surface area (TPSA) is 55.8 Å². The lowest BCUT2D eigenvalue weighted by Crippen LogP contribution is -2.46. The van der Waals surface area contributed by atoms with Crippen molar-refractivity contribution in [2.24, 2.45) is 5.92 Å². The molecule has 1 amide bonds. The molecule has 0 spiro atoms. The number of halogens is 3. The number of ether oxygens (including phenoxy) is 2. The molecule has 0 radical (unpaired) electrons. The highest BCUT2D eigenvalue weighted by Crippen LogP contribution is 2.36. The van der Waals surface area contributed by atoms with Gasteiger partial charge in [0.2, 0.25) is 0 Å². The van der Waals surface area contributed by atoms with E-state index in [0.29, 0.717) is 4.90 Å². The van der Waals surface area contributed by atoms with E-state index in [2.05, 4.69) is 4.74 Å². The summed E-state index contributed by atoms with van der Waals surface area (Å²) in [5, 5.41) is 0. The zero-order chi connectivity index (χ0) is 15.7. The van der Waals surface area contributed by atoms with Crippen molar-refractivity contribution in [2.45, 2.75) is 45.0 Å². The molecule has 1 fully saturated rings. The summed E-state index contributed by atoms with van der Waals surface area (Å²) >= 11 is 0. The molecule has 5 nitrogen and oxygen atoms in total. The van der Waals surface area contributed by atoms with Crippen LogP contribution in [0.5, 0.6) is 0 Å². The summed E-state index contributed by atoms with van der Waals surface area (Å²) in [5.41, 5.74) is -0.906. The molecule has 1 heterocycles. The maximum atomic E-state index is 12.9. The van der Waals surface area contributed by atoms with E-state index in [-0.39, 0.29) is 6.54 Å². The highest BCUT2D eigenvalue weighted by atomic mass is 19.4. The lowest BCUT2D eigenvalue weighted by Gasteiger charge is -2.29. The predicted octanol–water partition coefficient (Wildman–Crippen LogP) is 2.35. The molecule has 0 aromatic rings. The van der Waals surface area contributed by atoms with Crippen LogP contribution in [0.4, 0.5) is 18.0 Å². The highest BCUT2D eigenvalue weighted by molar-refractivity contribution is 5.76. The second-order valence-electron chi connectivity index (χ2n) is 5.65. The van der Waals surface area contributed by atoms with Crippen LogP contribution in [0.25, 0.3) is 0 Å². The number of carbonyl (C=O) groups excluding carboxylic acids is 2. The van der Waals surface area contributed by atoms with E-state index in [1.807, 2.05) is 0 Å². The maximum Gasteiger partial charge on any atom is 0.410 e. The number of hydrogen-bond donors (Lipinski definition) is 0. The predicted molar refractivity (Wildman–Crippen MR) is 62.9 cm³/mol. The van der Waals surface area contributed by atoms with Crippen molar-refractivity contribution in [1.29, 1.82) is 0 Å². The Bertz CT molecular complexity index is 389. The molecule has 0 N–H and O–H groups in total. The normalized spacial score (nSPS) is 23.6. The zero-order valence-electron chi connectivity index (χ0n) is 11.8. The number of alkyl halides is 3. The molecule has 1 aliphatic rings. The van der Waals surface area contributed by atoms with Crippen molar-refractivity contribution in [3.8, 4) is 0 Å². The minimum Gasteiger partial charge on any atom is -0.469 e. The van der Waals surface area contributed by atoms with Gasteiger partial charge in [0.15, 0.2) is 0 Å². The van der Waals surface area contributed by atoms with Crippen LogP contribution in [0, 0.1) is 5.92 Å². The number of hydrogen-bond acceptors (Lipinski definition) is 4. The van der Waals surface area contributed by atoms with Gasteiger partial charge >= 0.3 is 18.2 Å². The van der Waals surface area contributed by atoms with Gasteiger partial charge in [0.05, 0.1) is 13.0 Å². The molecule has 1 saturated heterocycles. The lowest BCUT2D eigenvalue weighted by atomic mass is 10.1. The van der Waals surface area contributed by atoms with E-state index in [9.17, 15) is 22.8 Å². The van der Waals surface area contributed by atoms with E-state index in [1.54, 1.807) is 20.8 Å². The summed E-state index contributed by atoms with van der Waals surface area (Å²) in [4.78, 5) is 23.7. The lowest BCUT2D eigenvalue weighted by molar-refractivity contribution is -0.173. The van der Waals surface area contributed by atoms with Crippen molar-refractivity contribution < 1.29 is 32.2 Å². The van der Waals surface area contributed by atoms with Gasteiger partial charge in [0, 0.05) is 6.54 Å². The second kappa shape index (κ2) is 5.49. The first kappa shape index (κ1) is 16.6. The van der Waals surface area contributed by atoms with Crippen LogP contribution in [-0.2, 0) is 14.3 Å². The van der Waals surface area contributed by atoms with Crippen molar-refractivity contribution in [3.05, 3.63) is 0 Å². The van der Waals surface area contributed by atoms with E-state index in [4.69, 9.17) is 4.74 Å². The summed E-state index contributed by atoms with van der Waals surface area (Å²) in [6, 6.07) is -2.03. The summed E-state index contributed by atoms with van der Waals surface area (Å²) < 4.78 is 48.2. The van der Waals surface area contributed by atoms with Gasteiger partial charge in [-0.05, 0) is 27.2 Å². The average molecular weight is 297 g/mol. The maximum absolute atomic E-state index is 12.9. The number of nitrogens with zero attached hydrogens (tertiary/aromatic N) is 1. The molecule has 1 rings (SSSR count). The fourth-order valence-electron chi connectivity index (χ4n) is 2.01. The number of methoxy groups -OCH3 is 1. The molecule has 8 heteroatoms. The Labute approximate surface area is 115 Å². The van der Waals surface area contributed by atoms with Gasteiger partial charge in [-0.1, -0.05) is 0 Å². The highest BCUT2D eigenvalue weighted by Gasteiger charge is 2.53. The Balaban J connectivity index is 2.90. The largest absolute Gasteiger partial charge is 0.469 e. The molecule has 0 aromatic carbocycles. The van der Waals surface area contributed by atoms with E-state index in [1.165, 1.54) is 0 Å². The molecule has 0 aromatic heterocycles. The third-order valence-electron chi connectivity index (χ3n) is 2.84. The van der Waals surface area contributed by atoms with E-state index >= 15 is 0 Å². The summed E-state index contributed by atoms with van der Waals surface area (Å²) in [6.07, 6.45) is -6.19. The fourth-order valence-corrected chi connectivity index (χ4v) is 2.01. The van der Waals surface area contributed by atoms with Crippen molar-refractivity contribution in [3.63, 3.8) is 0 Å². The minimum absolute atomic E-state index is 0.355. The van der Waals surface area contributed by atoms with Crippen LogP contribution in [-0.4, -0.2) is 48.4 Å². The van der Waals surface area contributed by atoms with Crippen LogP contribution in [0.1, 0.15) is 27.2 Å². The van der Waals surface area contributed by atoms with Crippen molar-refractivity contribution >= 4 is 12.1 Å². The molecule has 0 saturated carbocycles. The van der Waals surface area contributed by atoms with Crippen LogP contribution in [0.3, 0.4) is 0 Å². The van der Waals surface area contributed by atoms with Crippen molar-refractivity contribution in [1.82, 2.24) is 4.90 Å². The Hall–Kier alpha value is -1.47. The zero-order valence-corrected chi connectivity index (χ0v) is 11.8. The number of esters is 1. The molecule has 0 unspecified atom stereocenters. The summed E-state index contributed by atoms with van der Waals surface area (Å²) in [6.45, 7) is 4.32. The van der Waals surface area contributed by atoms with E-state index < -0.39 is 42.2 Å². The first-order valence-corrected chi connectivity index (χ1v) is 6.10. The van der Waals surface area contributed by atoms with Gasteiger partial charge in [-0.25, -0.2) is 4.79 Å². The Kier molecular flexibility index (Phi) is 4.55. The Morgan fingerprint density at radius 2 is 1.75 bits per heavy atom. The Morgan fingerprint density at radius 3 is 2.15 bits per heavy atom. The second-order valence-corrected chi connectivity index (χ2v) is 5.65. The van der Waals surface area contributed by atoms with Crippen LogP contribution in [0.2, 0.25) is 0 Å². The summed E-state index contributed by atoms with van der Waals surface area (Å²) in [5.74, 6) is -1.75. The van der Waals surface area contributed by atoms with Gasteiger partial charge < -0.3 is 9.47 Å². The standard InChI is InChI=1S/C12H18F3NO4/c1-11(2,3)20-10(18)16-6-7(9(17)19-4)5-8(16)12(13,14)15/h7-8H,5-6H2,1-4H3/t7-,8-/m0/s1. The minimum atomic E-state index is -4.61. The summed E-state index contributed by atoms with van der Waals surface area (Å²) in [7, 11) is 1.10. The number of likely N-dealkylation sites (tertiary alicyclic amines) is 1. The van der Waals surface area contributed by atoms with Crippen LogP contribution < -0.4 is 0 Å². The molecule has 0 aliphatic carbocycles. The number of amides is 1. The molecular weight excluding hydrogens is 279 g/mol. The number of rotatable bonds is 1. The molecule has 20 heavy (non-hydrogen) atoms. The third kappa shape index (κ3) is 4.01. The first-order chi connectivity index (χ1) is 8.95. The van der Waals surface area contributed by atoms with Gasteiger partial charge in [0.1, 0.15) is 11.6 Å². The third-order valence-corrected chi connectivity index (χ3v) is 2.84. The van der Waals surface area contributed by atoms with Gasteiger partial charge in [0.25, 0.3) is 0 Å². The number of carbonyl (C=O) groups is 2. The first-order valence-electron chi connectivity index (χ1n) is 6.10. The van der Waals surface area contributed by atoms with Crippen molar-refractivity contribution in [2.75, 3.05) is 13.7 Å². The average Bonchev–Trinajstić information content (AvgIpc) is 2.70. The smallest absolute Gasteiger partial charge is 0.410 e. The molecular formula is C12H18F3NO4. The molecule has 0 bridgehead atoms. The van der Waals surface area contributed by atoms with Crippen LogP contribution >= 0.6 is 0 Å². The quantitative estimate of drug-likeness (QED) is 0.697. The van der Waals surface area contributed by atoms with Gasteiger partial charge in [-0.15, -0.1) is 0 Å². The molecule has 2 atom stereocenters. The Morgan fingerprint density at radius 1 is 1.20 bits per heavy atom. The van der Waals surface area contributed by atoms with Crippen LogP contribution in [0.15, 0.2) is 0 Å². The monoisotopic (exact) mass is 297 g/mol. The van der Waals surface area contributed by atoms with Gasteiger partial charge in [-0.3, -0.25) is 9.69 Å². The van der Waals surface area contributed by atoms with Gasteiger partial charge in [-0.2, -0.15) is 13.2 Å².